The topological polar surface area (TPSA) is 229 Å². The molecule has 2 saturated heterocycles. The van der Waals surface area contributed by atoms with Gasteiger partial charge in [-0.15, -0.1) is 20.4 Å². The van der Waals surface area contributed by atoms with Gasteiger partial charge in [-0.2, -0.15) is 9.59 Å². The number of sulfonamides is 2. The van der Waals surface area contributed by atoms with Crippen molar-refractivity contribution in [1.82, 2.24) is 60.1 Å². The molecule has 2 aromatic heterocycles. The molecule has 21 heteroatoms. The number of rotatable bonds is 12. The van der Waals surface area contributed by atoms with E-state index in [0.717, 1.165) is 61.0 Å². The monoisotopic (exact) mass is 928 g/mol. The number of amides is 1. The highest BCUT2D eigenvalue weighted by Crippen LogP contribution is 2.34. The Bertz CT molecular complexity index is 2390. The number of carbonyl (C=O) groups excluding carboxylic acids is 2. The van der Waals surface area contributed by atoms with Crippen molar-refractivity contribution in [3.63, 3.8) is 0 Å². The molecule has 0 spiro atoms. The summed E-state index contributed by atoms with van der Waals surface area (Å²) in [5, 5.41) is 29.2. The van der Waals surface area contributed by atoms with Gasteiger partial charge >= 0.3 is 0 Å². The minimum absolute atomic E-state index is 0.0174. The first-order valence-corrected chi connectivity index (χ1v) is 25.4. The lowest BCUT2D eigenvalue weighted by atomic mass is 9.84. The van der Waals surface area contributed by atoms with Gasteiger partial charge in [-0.1, -0.05) is 76.3 Å². The third kappa shape index (κ3) is 13.0. The summed E-state index contributed by atoms with van der Waals surface area (Å²) in [4.78, 5) is 26.3. The maximum absolute atomic E-state index is 12.4. The minimum Gasteiger partial charge on any atom is -0.341 e. The Morgan fingerprint density at radius 2 is 1.16 bits per heavy atom. The van der Waals surface area contributed by atoms with E-state index in [9.17, 15) is 26.4 Å². The molecular weight excluding hydrogens is 868 g/mol. The van der Waals surface area contributed by atoms with Gasteiger partial charge in [0.25, 0.3) is 0 Å². The number of nitrogens with one attached hydrogen (secondary N) is 3. The lowest BCUT2D eigenvalue weighted by Crippen LogP contribution is -2.26. The highest BCUT2D eigenvalue weighted by Gasteiger charge is 2.29. The molecule has 4 fully saturated rings. The van der Waals surface area contributed by atoms with E-state index in [1.54, 1.807) is 45.7 Å². The van der Waals surface area contributed by atoms with Crippen molar-refractivity contribution in [3.8, 4) is 22.8 Å². The molecule has 4 aliphatic rings. The molecule has 2 saturated carbocycles. The van der Waals surface area contributed by atoms with Crippen molar-refractivity contribution in [2.75, 3.05) is 40.3 Å². The van der Waals surface area contributed by atoms with E-state index in [0.29, 0.717) is 36.6 Å². The van der Waals surface area contributed by atoms with Crippen LogP contribution in [0.3, 0.4) is 0 Å². The number of carbonyl (C=O) groups is 2. The summed E-state index contributed by atoms with van der Waals surface area (Å²) in [6.07, 6.45) is 16.0. The predicted molar refractivity (Wildman–Crippen MR) is 239 cm³/mol. The van der Waals surface area contributed by atoms with E-state index in [1.807, 2.05) is 12.1 Å². The van der Waals surface area contributed by atoms with Crippen LogP contribution in [0, 0.1) is 11.8 Å². The van der Waals surface area contributed by atoms with Gasteiger partial charge in [-0.05, 0) is 116 Å². The number of aromatic nitrogens is 8. The zero-order valence-corrected chi connectivity index (χ0v) is 39.1. The molecule has 0 radical (unpaired) electrons. The number of tetrazole rings is 2. The fourth-order valence-electron chi connectivity index (χ4n) is 8.89. The second-order valence-electron chi connectivity index (χ2n) is 16.9. The van der Waals surface area contributed by atoms with Crippen LogP contribution in [0.25, 0.3) is 22.8 Å². The summed E-state index contributed by atoms with van der Waals surface area (Å²) in [6.45, 7) is 5.88. The number of likely N-dealkylation sites (tertiary alicyclic amines) is 1. The summed E-state index contributed by atoms with van der Waals surface area (Å²) in [5.41, 5.74) is 3.65. The Labute approximate surface area is 375 Å². The first-order valence-electron chi connectivity index (χ1n) is 22.0. The largest absolute Gasteiger partial charge is 0.341 e. The highest BCUT2D eigenvalue weighted by molar-refractivity contribution is 7.89. The average molecular weight is 930 g/mol. The molecule has 8 rings (SSSR count). The van der Waals surface area contributed by atoms with Crippen LogP contribution in [0.1, 0.15) is 114 Å². The van der Waals surface area contributed by atoms with Crippen molar-refractivity contribution >= 4 is 42.8 Å². The van der Waals surface area contributed by atoms with E-state index in [2.05, 4.69) is 57.2 Å². The highest BCUT2D eigenvalue weighted by atomic mass is 35.5. The van der Waals surface area contributed by atoms with Gasteiger partial charge in [0.05, 0.1) is 21.9 Å². The Hall–Kier alpha value is -4.21. The summed E-state index contributed by atoms with van der Waals surface area (Å²) < 4.78 is 54.2. The first kappa shape index (κ1) is 48.3. The van der Waals surface area contributed by atoms with Crippen LogP contribution in [0.2, 0.25) is 0 Å². The molecule has 344 valence electrons. The molecule has 4 aromatic rings. The number of nitrogens with zero attached hydrogens (tertiary/aromatic N) is 9. The molecular formula is C42H61ClN12O6S2. The molecule has 2 unspecified atom stereocenters. The molecule has 3 N–H and O–H groups in total. The fourth-order valence-corrected chi connectivity index (χ4v) is 10.4. The minimum atomic E-state index is -3.58. The van der Waals surface area contributed by atoms with Crippen LogP contribution < -0.4 is 14.8 Å². The fraction of sp³-hybridized carbons (Fsp3) is 0.619. The molecule has 1 amide bonds. The molecule has 2 aliphatic carbocycles. The molecule has 18 nitrogen and oxygen atoms in total. The lowest BCUT2D eigenvalue weighted by Gasteiger charge is -2.22. The lowest BCUT2D eigenvalue weighted by molar-refractivity contribution is -0.127. The van der Waals surface area contributed by atoms with E-state index in [-0.39, 0.29) is 33.0 Å². The smallest absolute Gasteiger partial charge is 0.240 e. The van der Waals surface area contributed by atoms with Crippen molar-refractivity contribution in [2.45, 2.75) is 126 Å². The van der Waals surface area contributed by atoms with Crippen LogP contribution in [0.15, 0.2) is 46.2 Å². The van der Waals surface area contributed by atoms with Crippen molar-refractivity contribution < 1.29 is 26.4 Å². The van der Waals surface area contributed by atoms with Crippen molar-refractivity contribution in [1.29, 1.82) is 0 Å². The maximum Gasteiger partial charge on any atom is 0.240 e. The third-order valence-corrected chi connectivity index (χ3v) is 15.2. The van der Waals surface area contributed by atoms with E-state index >= 15 is 0 Å². The Kier molecular flexibility index (Phi) is 16.9. The molecule has 2 aromatic carbocycles. The SMILES string of the molecule is CC(=O)Cl.CNS(=O)(=O)c1ccc(CC2CCCCC2)c(-c2nnn(C3CCN(C(C)=O)C3)n2)c1.CNS(=O)(=O)c1ccc(CC2CCCCC2)c(-c2nnn(C3CCNC3)n2)c1. The molecule has 2 aliphatic heterocycles. The Morgan fingerprint density at radius 1 is 0.698 bits per heavy atom. The van der Waals surface area contributed by atoms with Crippen LogP contribution in [-0.2, 0) is 42.5 Å². The Morgan fingerprint density at radius 3 is 1.56 bits per heavy atom. The zero-order chi connectivity index (χ0) is 45.1. The first-order chi connectivity index (χ1) is 30.2. The van der Waals surface area contributed by atoms with Gasteiger partial charge in [0, 0.05) is 44.6 Å². The molecule has 4 heterocycles. The van der Waals surface area contributed by atoms with Crippen LogP contribution >= 0.6 is 11.6 Å². The number of hydrogen-bond donors (Lipinski definition) is 3. The maximum atomic E-state index is 12.4. The van der Waals surface area contributed by atoms with Crippen LogP contribution in [-0.4, -0.2) is 114 Å². The van der Waals surface area contributed by atoms with E-state index in [1.165, 1.54) is 85.2 Å². The normalized spacial score (nSPS) is 19.9. The van der Waals surface area contributed by atoms with E-state index in [4.69, 9.17) is 0 Å². The second-order valence-corrected chi connectivity index (χ2v) is 21.2. The number of hydrogen-bond acceptors (Lipinski definition) is 13. The standard InChI is InChI=1S/C21H30N6O3S.C19H28N6O2S.C2H3ClO/c1-15(28)26-11-10-18(14-26)27-24-21(23-25-27)20-13-19(31(29,30)22-2)9-8-17(20)12-16-6-4-3-5-7-16;1-20-28(26,27)17-8-7-15(11-14-5-3-2-4-6-14)18(12-17)19-22-24-25(23-19)16-9-10-21-13-16;1-2(3)4/h8-9,13,16,18,22H,3-7,10-12,14H2,1-2H3;7-8,12,14,16,20-21H,2-6,9-11,13H2,1H3;1H3. The molecule has 63 heavy (non-hydrogen) atoms. The number of benzene rings is 2. The third-order valence-electron chi connectivity index (χ3n) is 12.4. The number of halogens is 1. The van der Waals surface area contributed by atoms with Gasteiger partial charge < -0.3 is 10.2 Å². The van der Waals surface area contributed by atoms with Crippen molar-refractivity contribution in [3.05, 3.63) is 47.5 Å². The van der Waals surface area contributed by atoms with Crippen molar-refractivity contribution in [2.24, 2.45) is 11.8 Å². The van der Waals surface area contributed by atoms with Crippen LogP contribution in [0.4, 0.5) is 0 Å². The second kappa shape index (κ2) is 22.1. The van der Waals surface area contributed by atoms with Gasteiger partial charge in [0.1, 0.15) is 0 Å². The Balaban J connectivity index is 0.000000194. The van der Waals surface area contributed by atoms with Gasteiger partial charge in [-0.3, -0.25) is 9.59 Å². The van der Waals surface area contributed by atoms with Crippen LogP contribution in [0.5, 0.6) is 0 Å². The zero-order valence-electron chi connectivity index (χ0n) is 36.7. The summed E-state index contributed by atoms with van der Waals surface area (Å²) >= 11 is 4.64. The predicted octanol–water partition coefficient (Wildman–Crippen LogP) is 4.84. The van der Waals surface area contributed by atoms with Gasteiger partial charge in [-0.25, -0.2) is 26.3 Å². The summed E-state index contributed by atoms with van der Waals surface area (Å²) in [6, 6.07) is 10.7. The quantitative estimate of drug-likeness (QED) is 0.162. The summed E-state index contributed by atoms with van der Waals surface area (Å²) in [7, 11) is -4.28. The van der Waals surface area contributed by atoms with Gasteiger partial charge in [0.2, 0.25) is 42.8 Å². The molecule has 2 atom stereocenters. The molecule has 0 bridgehead atoms. The van der Waals surface area contributed by atoms with Gasteiger partial charge in [0.15, 0.2) is 0 Å². The van der Waals surface area contributed by atoms with E-state index < -0.39 is 20.0 Å². The summed E-state index contributed by atoms with van der Waals surface area (Å²) in [5.74, 6) is 2.20. The average Bonchev–Trinajstić information content (AvgIpc) is 4.13.